The predicted molar refractivity (Wildman–Crippen MR) is 86.9 cm³/mol. The highest BCUT2D eigenvalue weighted by Gasteiger charge is 2.60. The Morgan fingerprint density at radius 3 is 2.48 bits per heavy atom. The molecule has 4 aliphatic carbocycles. The molecule has 0 heterocycles. The van der Waals surface area contributed by atoms with Gasteiger partial charge in [-0.2, -0.15) is 0 Å². The SMILES string of the molecule is C[C@@H]1C[C@H]2[C@@H]3CC[C@H]4CCCC[C@]4(C)[C@H]3CC[C@]2(C)[C@H]1O. The zero-order chi connectivity index (χ0) is 14.8. The second-order valence-electron chi connectivity index (χ2n) is 9.61. The van der Waals surface area contributed by atoms with Crippen molar-refractivity contribution in [3.63, 3.8) is 0 Å². The fourth-order valence-electron chi connectivity index (χ4n) is 7.63. The minimum absolute atomic E-state index is 0.0414. The number of rotatable bonds is 0. The topological polar surface area (TPSA) is 20.2 Å². The second-order valence-corrected chi connectivity index (χ2v) is 9.61. The Balaban J connectivity index is 1.65. The first-order chi connectivity index (χ1) is 9.97. The summed E-state index contributed by atoms with van der Waals surface area (Å²) in [6, 6.07) is 0. The van der Waals surface area contributed by atoms with Gasteiger partial charge in [-0.3, -0.25) is 0 Å². The minimum Gasteiger partial charge on any atom is -0.392 e. The molecular weight excluding hydrogens is 256 g/mol. The molecule has 0 saturated heterocycles. The average molecular weight is 290 g/mol. The van der Waals surface area contributed by atoms with Gasteiger partial charge in [-0.15, -0.1) is 0 Å². The first kappa shape index (κ1) is 14.5. The fraction of sp³-hybridized carbons (Fsp3) is 1.00. The fourth-order valence-corrected chi connectivity index (χ4v) is 7.63. The second kappa shape index (κ2) is 4.73. The normalized spacial score (nSPS) is 60.0. The van der Waals surface area contributed by atoms with Gasteiger partial charge in [-0.1, -0.05) is 33.6 Å². The molecule has 8 atom stereocenters. The summed E-state index contributed by atoms with van der Waals surface area (Å²) in [5.74, 6) is 4.23. The molecule has 4 fully saturated rings. The summed E-state index contributed by atoms with van der Waals surface area (Å²) >= 11 is 0. The van der Waals surface area contributed by atoms with Crippen molar-refractivity contribution in [2.24, 2.45) is 40.4 Å². The van der Waals surface area contributed by atoms with Gasteiger partial charge in [0.1, 0.15) is 0 Å². The molecule has 4 rings (SSSR count). The molecule has 0 spiro atoms. The molecular formula is C20H34O. The molecule has 0 unspecified atom stereocenters. The summed E-state index contributed by atoms with van der Waals surface area (Å²) in [7, 11) is 0. The molecule has 0 aromatic heterocycles. The van der Waals surface area contributed by atoms with Gasteiger partial charge in [0.2, 0.25) is 0 Å². The summed E-state index contributed by atoms with van der Waals surface area (Å²) < 4.78 is 0. The largest absolute Gasteiger partial charge is 0.392 e. The molecule has 1 nitrogen and oxygen atoms in total. The molecule has 4 aliphatic rings. The molecule has 0 aliphatic heterocycles. The van der Waals surface area contributed by atoms with Crippen molar-refractivity contribution in [2.75, 3.05) is 0 Å². The van der Waals surface area contributed by atoms with Crippen molar-refractivity contribution < 1.29 is 5.11 Å². The van der Waals surface area contributed by atoms with Crippen molar-refractivity contribution in [3.05, 3.63) is 0 Å². The molecule has 0 radical (unpaired) electrons. The van der Waals surface area contributed by atoms with E-state index in [9.17, 15) is 5.11 Å². The Kier molecular flexibility index (Phi) is 3.27. The number of aliphatic hydroxyl groups excluding tert-OH is 1. The molecule has 0 bridgehead atoms. The third kappa shape index (κ3) is 1.85. The van der Waals surface area contributed by atoms with Crippen LogP contribution >= 0.6 is 0 Å². The zero-order valence-electron chi connectivity index (χ0n) is 14.3. The van der Waals surface area contributed by atoms with Crippen LogP contribution in [0.3, 0.4) is 0 Å². The number of aliphatic hydroxyl groups is 1. The van der Waals surface area contributed by atoms with Crippen LogP contribution in [0.2, 0.25) is 0 Å². The Morgan fingerprint density at radius 1 is 0.857 bits per heavy atom. The Labute approximate surface area is 130 Å². The van der Waals surface area contributed by atoms with Crippen LogP contribution in [0, 0.1) is 40.4 Å². The van der Waals surface area contributed by atoms with E-state index < -0.39 is 0 Å². The summed E-state index contributed by atoms with van der Waals surface area (Å²) in [5, 5.41) is 10.7. The first-order valence-electron chi connectivity index (χ1n) is 9.65. The zero-order valence-corrected chi connectivity index (χ0v) is 14.3. The van der Waals surface area contributed by atoms with E-state index in [1.807, 2.05) is 0 Å². The van der Waals surface area contributed by atoms with Crippen LogP contribution < -0.4 is 0 Å². The van der Waals surface area contributed by atoms with E-state index in [4.69, 9.17) is 0 Å². The van der Waals surface area contributed by atoms with E-state index in [2.05, 4.69) is 20.8 Å². The highest BCUT2D eigenvalue weighted by atomic mass is 16.3. The van der Waals surface area contributed by atoms with Gasteiger partial charge in [0.15, 0.2) is 0 Å². The van der Waals surface area contributed by atoms with Gasteiger partial charge >= 0.3 is 0 Å². The maximum Gasteiger partial charge on any atom is 0.0622 e. The van der Waals surface area contributed by atoms with E-state index in [0.29, 0.717) is 11.3 Å². The van der Waals surface area contributed by atoms with E-state index >= 15 is 0 Å². The Bertz CT molecular complexity index is 418. The molecule has 120 valence electrons. The first-order valence-corrected chi connectivity index (χ1v) is 9.65. The van der Waals surface area contributed by atoms with Gasteiger partial charge in [0.05, 0.1) is 6.10 Å². The maximum atomic E-state index is 10.7. The van der Waals surface area contributed by atoms with Crippen molar-refractivity contribution in [3.8, 4) is 0 Å². The molecule has 0 amide bonds. The van der Waals surface area contributed by atoms with Crippen LogP contribution in [0.15, 0.2) is 0 Å². The molecule has 1 N–H and O–H groups in total. The Morgan fingerprint density at radius 2 is 1.67 bits per heavy atom. The van der Waals surface area contributed by atoms with Crippen LogP contribution in [0.25, 0.3) is 0 Å². The predicted octanol–water partition coefficient (Wildman–Crippen LogP) is 5.03. The maximum absolute atomic E-state index is 10.7. The minimum atomic E-state index is -0.0414. The summed E-state index contributed by atoms with van der Waals surface area (Å²) in [6.07, 6.45) is 12.8. The lowest BCUT2D eigenvalue weighted by atomic mass is 9.45. The van der Waals surface area contributed by atoms with Gasteiger partial charge in [0, 0.05) is 0 Å². The standard InChI is InChI=1S/C20H34O/c1-13-12-17-15-8-7-14-6-4-5-10-19(14,2)16(15)9-11-20(17,3)18(13)21/h13-18,21H,4-12H2,1-3H3/t13-,14-,15-,16+,17+,18+,19+,20+/m1/s1. The van der Waals surface area contributed by atoms with Crippen LogP contribution in [0.4, 0.5) is 0 Å². The highest BCUT2D eigenvalue weighted by Crippen LogP contribution is 2.66. The third-order valence-electron chi connectivity index (χ3n) is 8.86. The molecule has 0 aromatic rings. The number of hydrogen-bond donors (Lipinski definition) is 1. The van der Waals surface area contributed by atoms with Crippen LogP contribution in [-0.4, -0.2) is 11.2 Å². The Hall–Kier alpha value is -0.0400. The van der Waals surface area contributed by atoms with Gasteiger partial charge in [-0.25, -0.2) is 0 Å². The molecule has 0 aromatic carbocycles. The quantitative estimate of drug-likeness (QED) is 0.663. The summed E-state index contributed by atoms with van der Waals surface area (Å²) in [4.78, 5) is 0. The van der Waals surface area contributed by atoms with E-state index in [-0.39, 0.29) is 11.5 Å². The number of fused-ring (bicyclic) bond motifs is 5. The third-order valence-corrected chi connectivity index (χ3v) is 8.86. The summed E-state index contributed by atoms with van der Waals surface area (Å²) in [5.41, 5.74) is 0.873. The number of hydrogen-bond acceptors (Lipinski definition) is 1. The van der Waals surface area contributed by atoms with Crippen LogP contribution in [0.5, 0.6) is 0 Å². The van der Waals surface area contributed by atoms with Crippen molar-refractivity contribution in [1.82, 2.24) is 0 Å². The van der Waals surface area contributed by atoms with E-state index in [0.717, 1.165) is 23.7 Å². The molecule has 21 heavy (non-hydrogen) atoms. The smallest absolute Gasteiger partial charge is 0.0622 e. The van der Waals surface area contributed by atoms with Crippen LogP contribution in [0.1, 0.15) is 78.6 Å². The van der Waals surface area contributed by atoms with E-state index in [1.165, 1.54) is 57.8 Å². The van der Waals surface area contributed by atoms with E-state index in [1.54, 1.807) is 0 Å². The van der Waals surface area contributed by atoms with Gasteiger partial charge in [-0.05, 0) is 85.4 Å². The monoisotopic (exact) mass is 290 g/mol. The van der Waals surface area contributed by atoms with Gasteiger partial charge < -0.3 is 5.11 Å². The molecule has 4 saturated carbocycles. The lowest BCUT2D eigenvalue weighted by Crippen LogP contribution is -2.53. The lowest BCUT2D eigenvalue weighted by molar-refractivity contribution is -0.121. The van der Waals surface area contributed by atoms with Crippen LogP contribution in [-0.2, 0) is 0 Å². The van der Waals surface area contributed by atoms with Crippen molar-refractivity contribution in [2.45, 2.75) is 84.7 Å². The highest BCUT2D eigenvalue weighted by molar-refractivity contribution is 5.10. The van der Waals surface area contributed by atoms with Gasteiger partial charge in [0.25, 0.3) is 0 Å². The van der Waals surface area contributed by atoms with Crippen molar-refractivity contribution >= 4 is 0 Å². The summed E-state index contributed by atoms with van der Waals surface area (Å²) in [6.45, 7) is 7.35. The average Bonchev–Trinajstić information content (AvgIpc) is 2.70. The lowest BCUT2D eigenvalue weighted by Gasteiger charge is -2.60. The molecule has 1 heteroatoms. The van der Waals surface area contributed by atoms with Crippen molar-refractivity contribution in [1.29, 1.82) is 0 Å².